The summed E-state index contributed by atoms with van der Waals surface area (Å²) in [6.07, 6.45) is -3.96. The number of aromatic nitrogens is 2. The summed E-state index contributed by atoms with van der Waals surface area (Å²) in [6, 6.07) is 23.9. The van der Waals surface area contributed by atoms with Crippen LogP contribution in [0.15, 0.2) is 107 Å². The number of ether oxygens (including phenoxy) is 5. The maximum atomic E-state index is 13.8. The number of carbonyl (C=O) groups excluding carboxylic acids is 4. The van der Waals surface area contributed by atoms with Crippen LogP contribution in [0.4, 0.5) is 0 Å². The molecule has 0 saturated carbocycles. The molecule has 4 atom stereocenters. The van der Waals surface area contributed by atoms with Crippen molar-refractivity contribution in [2.45, 2.75) is 31.5 Å². The standard InChI is InChI=1S/C35H30N2O11/c1-21-25(18-19-27(38)44-2)30(39)37(35(43)36-21)31-29(48-34(42)24-16-10-5-11-17-24)28(47-33(41)23-14-8-4-9-15-23)26(46-31)20-45-32(40)22-12-6-3-7-13-22/h3-19,26,28-29,31H,20H2,1-2H3,(H,36,43)/t26-,28-,29-,31-/m1/s1. The highest BCUT2D eigenvalue weighted by Crippen LogP contribution is 2.34. The Morgan fingerprint density at radius 1 is 0.771 bits per heavy atom. The Kier molecular flexibility index (Phi) is 10.4. The number of esters is 4. The summed E-state index contributed by atoms with van der Waals surface area (Å²) in [7, 11) is 1.16. The molecule has 1 saturated heterocycles. The van der Waals surface area contributed by atoms with Crippen molar-refractivity contribution in [1.82, 2.24) is 9.55 Å². The summed E-state index contributed by atoms with van der Waals surface area (Å²) in [5.41, 5.74) is -1.35. The van der Waals surface area contributed by atoms with Crippen molar-refractivity contribution >= 4 is 30.0 Å². The lowest BCUT2D eigenvalue weighted by Gasteiger charge is -2.25. The van der Waals surface area contributed by atoms with Crippen LogP contribution in [0, 0.1) is 6.92 Å². The van der Waals surface area contributed by atoms with Crippen LogP contribution in [-0.4, -0.2) is 65.5 Å². The first-order valence-corrected chi connectivity index (χ1v) is 14.7. The molecular formula is C35H30N2O11. The summed E-state index contributed by atoms with van der Waals surface area (Å²) in [4.78, 5) is 81.2. The van der Waals surface area contributed by atoms with E-state index in [-0.39, 0.29) is 27.9 Å². The molecule has 5 rings (SSSR count). The minimum atomic E-state index is -1.69. The largest absolute Gasteiger partial charge is 0.466 e. The van der Waals surface area contributed by atoms with Gasteiger partial charge in [0.05, 0.1) is 29.4 Å². The molecule has 1 aliphatic heterocycles. The van der Waals surface area contributed by atoms with Crippen molar-refractivity contribution in [2.24, 2.45) is 0 Å². The SMILES string of the molecule is COC(=O)C=Cc1c(C)[nH]c(=O)n([C@@H]2O[C@H](COC(=O)c3ccccc3)[C@@H](OC(=O)c3ccccc3)[C@H]2OC(=O)c2ccccc2)c1=O. The minimum absolute atomic E-state index is 0.103. The number of benzene rings is 3. The number of H-pyrrole nitrogens is 1. The Morgan fingerprint density at radius 3 is 1.79 bits per heavy atom. The zero-order chi connectivity index (χ0) is 34.2. The number of hydrogen-bond donors (Lipinski definition) is 1. The average Bonchev–Trinajstić information content (AvgIpc) is 3.43. The van der Waals surface area contributed by atoms with Gasteiger partial charge in [0.2, 0.25) is 0 Å². The van der Waals surface area contributed by atoms with Crippen LogP contribution in [0.2, 0.25) is 0 Å². The molecule has 0 aliphatic carbocycles. The Morgan fingerprint density at radius 2 is 1.27 bits per heavy atom. The Bertz CT molecular complexity index is 1940. The summed E-state index contributed by atoms with van der Waals surface area (Å²) in [6.45, 7) is 0.923. The highest BCUT2D eigenvalue weighted by molar-refractivity contribution is 5.91. The van der Waals surface area contributed by atoms with Crippen molar-refractivity contribution in [3.63, 3.8) is 0 Å². The van der Waals surface area contributed by atoms with Gasteiger partial charge in [0, 0.05) is 11.8 Å². The molecule has 0 amide bonds. The van der Waals surface area contributed by atoms with E-state index < -0.39 is 66.3 Å². The number of carbonyl (C=O) groups is 4. The number of aryl methyl sites for hydroxylation is 1. The number of aromatic amines is 1. The zero-order valence-corrected chi connectivity index (χ0v) is 25.8. The van der Waals surface area contributed by atoms with E-state index in [2.05, 4.69) is 9.72 Å². The number of methoxy groups -OCH3 is 1. The lowest BCUT2D eigenvalue weighted by Crippen LogP contribution is -2.46. The monoisotopic (exact) mass is 654 g/mol. The molecule has 4 aromatic rings. The van der Waals surface area contributed by atoms with Gasteiger partial charge in [-0.15, -0.1) is 0 Å². The molecule has 0 unspecified atom stereocenters. The third-order valence-corrected chi connectivity index (χ3v) is 7.39. The predicted octanol–water partition coefficient (Wildman–Crippen LogP) is 3.24. The number of rotatable bonds is 10. The van der Waals surface area contributed by atoms with Gasteiger partial charge >= 0.3 is 29.6 Å². The summed E-state index contributed by atoms with van der Waals surface area (Å²) >= 11 is 0. The van der Waals surface area contributed by atoms with Gasteiger partial charge in [0.1, 0.15) is 12.7 Å². The molecule has 2 heterocycles. The molecule has 0 spiro atoms. The van der Waals surface area contributed by atoms with Gasteiger partial charge in [-0.25, -0.2) is 28.5 Å². The van der Waals surface area contributed by atoms with E-state index in [0.717, 1.165) is 19.3 Å². The third-order valence-electron chi connectivity index (χ3n) is 7.39. The zero-order valence-electron chi connectivity index (χ0n) is 25.8. The van der Waals surface area contributed by atoms with Crippen LogP contribution < -0.4 is 11.2 Å². The van der Waals surface area contributed by atoms with Gasteiger partial charge < -0.3 is 28.7 Å². The van der Waals surface area contributed by atoms with Crippen molar-refractivity contribution in [3.05, 3.63) is 146 Å². The molecule has 13 nitrogen and oxygen atoms in total. The Hall–Kier alpha value is -6.08. The predicted molar refractivity (Wildman–Crippen MR) is 169 cm³/mol. The molecule has 246 valence electrons. The molecule has 1 fully saturated rings. The molecule has 1 N–H and O–H groups in total. The Labute approximate surface area is 273 Å². The summed E-state index contributed by atoms with van der Waals surface area (Å²) < 4.78 is 28.6. The quantitative estimate of drug-likeness (QED) is 0.151. The highest BCUT2D eigenvalue weighted by Gasteiger charge is 2.52. The van der Waals surface area contributed by atoms with E-state index in [1.54, 1.807) is 54.6 Å². The minimum Gasteiger partial charge on any atom is -0.466 e. The normalized spacial score (nSPS) is 18.6. The van der Waals surface area contributed by atoms with Crippen LogP contribution in [0.5, 0.6) is 0 Å². The van der Waals surface area contributed by atoms with Gasteiger partial charge in [0.25, 0.3) is 5.56 Å². The maximum absolute atomic E-state index is 13.8. The lowest BCUT2D eigenvalue weighted by molar-refractivity contribution is -0.134. The molecule has 1 aromatic heterocycles. The third kappa shape index (κ3) is 7.48. The molecule has 48 heavy (non-hydrogen) atoms. The first-order valence-electron chi connectivity index (χ1n) is 14.7. The fraction of sp³-hybridized carbons (Fsp3) is 0.200. The second-order valence-electron chi connectivity index (χ2n) is 10.5. The van der Waals surface area contributed by atoms with Gasteiger partial charge in [0.15, 0.2) is 18.4 Å². The number of nitrogens with zero attached hydrogens (tertiary/aromatic N) is 1. The second-order valence-corrected chi connectivity index (χ2v) is 10.5. The van der Waals surface area contributed by atoms with E-state index >= 15 is 0 Å². The molecule has 3 aromatic carbocycles. The number of hydrogen-bond acceptors (Lipinski definition) is 11. The van der Waals surface area contributed by atoms with Crippen LogP contribution in [0.3, 0.4) is 0 Å². The lowest BCUT2D eigenvalue weighted by atomic mass is 10.1. The van der Waals surface area contributed by atoms with Crippen molar-refractivity contribution in [1.29, 1.82) is 0 Å². The average molecular weight is 655 g/mol. The van der Waals surface area contributed by atoms with Crippen LogP contribution in [-0.2, 0) is 28.5 Å². The van der Waals surface area contributed by atoms with E-state index in [4.69, 9.17) is 18.9 Å². The molecule has 13 heteroatoms. The van der Waals surface area contributed by atoms with Gasteiger partial charge in [-0.05, 0) is 49.4 Å². The smallest absolute Gasteiger partial charge is 0.338 e. The fourth-order valence-electron chi connectivity index (χ4n) is 4.98. The van der Waals surface area contributed by atoms with Crippen LogP contribution in [0.1, 0.15) is 48.6 Å². The molecule has 0 radical (unpaired) electrons. The van der Waals surface area contributed by atoms with Gasteiger partial charge in [-0.2, -0.15) is 0 Å². The maximum Gasteiger partial charge on any atom is 0.338 e. The van der Waals surface area contributed by atoms with Crippen LogP contribution in [0.25, 0.3) is 6.08 Å². The molecule has 1 aliphatic rings. The first-order chi connectivity index (χ1) is 23.2. The molecule has 0 bridgehead atoms. The summed E-state index contributed by atoms with van der Waals surface area (Å²) in [5.74, 6) is -3.20. The fourth-order valence-corrected chi connectivity index (χ4v) is 4.98. The first kappa shape index (κ1) is 33.3. The van der Waals surface area contributed by atoms with Crippen molar-refractivity contribution in [3.8, 4) is 0 Å². The summed E-state index contributed by atoms with van der Waals surface area (Å²) in [5, 5.41) is 0. The second kappa shape index (κ2) is 15.0. The van der Waals surface area contributed by atoms with E-state index in [0.29, 0.717) is 4.57 Å². The van der Waals surface area contributed by atoms with E-state index in [1.165, 1.54) is 43.3 Å². The van der Waals surface area contributed by atoms with E-state index in [1.807, 2.05) is 0 Å². The number of nitrogens with one attached hydrogen (secondary N) is 1. The van der Waals surface area contributed by atoms with Crippen LogP contribution >= 0.6 is 0 Å². The topological polar surface area (TPSA) is 169 Å². The van der Waals surface area contributed by atoms with Crippen molar-refractivity contribution < 1.29 is 42.9 Å². The van der Waals surface area contributed by atoms with E-state index in [9.17, 15) is 28.8 Å². The molecular weight excluding hydrogens is 624 g/mol. The highest BCUT2D eigenvalue weighted by atomic mass is 16.7. The Balaban J connectivity index is 1.59. The van der Waals surface area contributed by atoms with Gasteiger partial charge in [-0.3, -0.25) is 4.79 Å². The van der Waals surface area contributed by atoms with Crippen molar-refractivity contribution in [2.75, 3.05) is 13.7 Å². The van der Waals surface area contributed by atoms with Gasteiger partial charge in [-0.1, -0.05) is 54.6 Å².